The van der Waals surface area contributed by atoms with Crippen molar-refractivity contribution >= 4 is 5.69 Å². The quantitative estimate of drug-likeness (QED) is 0.737. The van der Waals surface area contributed by atoms with E-state index in [1.165, 1.54) is 36.2 Å². The van der Waals surface area contributed by atoms with E-state index in [-0.39, 0.29) is 0 Å². The summed E-state index contributed by atoms with van der Waals surface area (Å²) in [7, 11) is 0. The summed E-state index contributed by atoms with van der Waals surface area (Å²) in [4.78, 5) is 6.97. The van der Waals surface area contributed by atoms with Crippen LogP contribution in [0.1, 0.15) is 17.7 Å². The van der Waals surface area contributed by atoms with Crippen molar-refractivity contribution in [1.29, 1.82) is 0 Å². The maximum Gasteiger partial charge on any atom is 0.0456 e. The van der Waals surface area contributed by atoms with Crippen molar-refractivity contribution < 1.29 is 0 Å². The third-order valence-corrected chi connectivity index (χ3v) is 3.42. The first-order chi connectivity index (χ1) is 7.45. The van der Waals surface area contributed by atoms with E-state index in [0.29, 0.717) is 0 Å². The average Bonchev–Trinajstić information content (AvgIpc) is 2.78. The van der Waals surface area contributed by atoms with Crippen LogP contribution in [0.4, 0.5) is 5.69 Å². The molecule has 2 aliphatic rings. The Balaban J connectivity index is 1.93. The van der Waals surface area contributed by atoms with E-state index in [1.54, 1.807) is 0 Å². The number of nitrogens with one attached hydrogen (secondary N) is 1. The van der Waals surface area contributed by atoms with E-state index in [9.17, 15) is 0 Å². The topological polar surface area (TPSA) is 28.2 Å². The molecule has 0 saturated carbocycles. The van der Waals surface area contributed by atoms with Gasteiger partial charge in [0.25, 0.3) is 0 Å². The summed E-state index contributed by atoms with van der Waals surface area (Å²) in [6.45, 7) is 4.49. The van der Waals surface area contributed by atoms with Crippen LogP contribution in [0, 0.1) is 0 Å². The molecule has 0 atom stereocenters. The molecule has 1 aliphatic carbocycles. The predicted octanol–water partition coefficient (Wildman–Crippen LogP) is 0.980. The minimum Gasteiger partial charge on any atom is -0.369 e. The zero-order valence-electron chi connectivity index (χ0n) is 9.00. The lowest BCUT2D eigenvalue weighted by Crippen LogP contribution is -2.43. The Morgan fingerprint density at radius 1 is 1.20 bits per heavy atom. The van der Waals surface area contributed by atoms with E-state index < -0.39 is 0 Å². The number of anilines is 1. The zero-order valence-corrected chi connectivity index (χ0v) is 9.00. The number of rotatable bonds is 1. The van der Waals surface area contributed by atoms with Crippen molar-refractivity contribution in [1.82, 2.24) is 10.3 Å². The molecule has 0 aromatic carbocycles. The summed E-state index contributed by atoms with van der Waals surface area (Å²) >= 11 is 0. The molecule has 1 N–H and O–H groups in total. The van der Waals surface area contributed by atoms with Gasteiger partial charge in [0.2, 0.25) is 0 Å². The van der Waals surface area contributed by atoms with Gasteiger partial charge in [-0.3, -0.25) is 4.98 Å². The molecule has 2 heterocycles. The van der Waals surface area contributed by atoms with Gasteiger partial charge in [0.15, 0.2) is 0 Å². The van der Waals surface area contributed by atoms with Gasteiger partial charge in [0, 0.05) is 43.8 Å². The molecular formula is C12H17N3. The number of fused-ring (bicyclic) bond motifs is 1. The Morgan fingerprint density at radius 3 is 2.93 bits per heavy atom. The van der Waals surface area contributed by atoms with Crippen LogP contribution >= 0.6 is 0 Å². The third-order valence-electron chi connectivity index (χ3n) is 3.42. The number of aromatic nitrogens is 1. The highest BCUT2D eigenvalue weighted by Crippen LogP contribution is 2.29. The van der Waals surface area contributed by atoms with Crippen molar-refractivity contribution in [2.75, 3.05) is 31.1 Å². The molecule has 3 nitrogen and oxygen atoms in total. The molecular weight excluding hydrogens is 186 g/mol. The summed E-state index contributed by atoms with van der Waals surface area (Å²) in [6, 6.07) is 2.19. The second-order valence-corrected chi connectivity index (χ2v) is 4.35. The van der Waals surface area contributed by atoms with Crippen molar-refractivity contribution in [2.24, 2.45) is 0 Å². The van der Waals surface area contributed by atoms with Crippen LogP contribution in [-0.4, -0.2) is 31.2 Å². The highest BCUT2D eigenvalue weighted by molar-refractivity contribution is 5.56. The summed E-state index contributed by atoms with van der Waals surface area (Å²) in [6.07, 6.45) is 5.66. The normalized spacial score (nSPS) is 20.4. The second-order valence-electron chi connectivity index (χ2n) is 4.35. The molecule has 0 amide bonds. The van der Waals surface area contributed by atoms with Gasteiger partial charge in [0.1, 0.15) is 0 Å². The van der Waals surface area contributed by atoms with Gasteiger partial charge < -0.3 is 10.2 Å². The summed E-state index contributed by atoms with van der Waals surface area (Å²) in [5.41, 5.74) is 4.30. The van der Waals surface area contributed by atoms with E-state index >= 15 is 0 Å². The average molecular weight is 203 g/mol. The molecule has 1 aliphatic heterocycles. The minimum atomic E-state index is 1.11. The number of hydrogen-bond donors (Lipinski definition) is 1. The molecule has 3 heteroatoms. The maximum atomic E-state index is 4.47. The van der Waals surface area contributed by atoms with Crippen molar-refractivity contribution in [3.8, 4) is 0 Å². The van der Waals surface area contributed by atoms with Gasteiger partial charge in [-0.25, -0.2) is 0 Å². The zero-order chi connectivity index (χ0) is 10.1. The molecule has 0 spiro atoms. The predicted molar refractivity (Wildman–Crippen MR) is 61.3 cm³/mol. The van der Waals surface area contributed by atoms with Gasteiger partial charge in [0.05, 0.1) is 0 Å². The summed E-state index contributed by atoms with van der Waals surface area (Å²) < 4.78 is 0. The molecule has 3 rings (SSSR count). The molecule has 1 aromatic heterocycles. The fourth-order valence-electron chi connectivity index (χ4n) is 2.65. The molecule has 1 aromatic rings. The summed E-state index contributed by atoms with van der Waals surface area (Å²) in [5.74, 6) is 0. The van der Waals surface area contributed by atoms with Crippen molar-refractivity contribution in [2.45, 2.75) is 19.3 Å². The Morgan fingerprint density at radius 2 is 2.07 bits per heavy atom. The Labute approximate surface area is 90.5 Å². The first-order valence-corrected chi connectivity index (χ1v) is 5.87. The number of pyridine rings is 1. The second kappa shape index (κ2) is 3.81. The third kappa shape index (κ3) is 1.61. The van der Waals surface area contributed by atoms with Gasteiger partial charge in [-0.05, 0) is 30.9 Å². The van der Waals surface area contributed by atoms with Gasteiger partial charge >= 0.3 is 0 Å². The van der Waals surface area contributed by atoms with Crippen LogP contribution in [-0.2, 0) is 12.8 Å². The number of aryl methyl sites for hydroxylation is 1. The van der Waals surface area contributed by atoms with Crippen LogP contribution in [0.5, 0.6) is 0 Å². The molecule has 1 fully saturated rings. The molecule has 0 unspecified atom stereocenters. The van der Waals surface area contributed by atoms with Crippen LogP contribution in [0.25, 0.3) is 0 Å². The molecule has 0 bridgehead atoms. The Kier molecular flexibility index (Phi) is 2.33. The first-order valence-electron chi connectivity index (χ1n) is 5.87. The van der Waals surface area contributed by atoms with Gasteiger partial charge in [-0.2, -0.15) is 0 Å². The largest absolute Gasteiger partial charge is 0.369 e. The first kappa shape index (κ1) is 9.16. The van der Waals surface area contributed by atoms with E-state index in [4.69, 9.17) is 0 Å². The van der Waals surface area contributed by atoms with Gasteiger partial charge in [-0.1, -0.05) is 0 Å². The maximum absolute atomic E-state index is 4.47. The molecule has 80 valence electrons. The lowest BCUT2D eigenvalue weighted by molar-refractivity contribution is 0.588. The Hall–Kier alpha value is -1.09. The van der Waals surface area contributed by atoms with Gasteiger partial charge in [-0.15, -0.1) is 0 Å². The number of hydrogen-bond acceptors (Lipinski definition) is 3. The number of piperazine rings is 1. The highest BCUT2D eigenvalue weighted by atomic mass is 15.2. The number of nitrogens with zero attached hydrogens (tertiary/aromatic N) is 2. The Bertz CT molecular complexity index is 356. The molecule has 0 radical (unpaired) electrons. The fourth-order valence-corrected chi connectivity index (χ4v) is 2.65. The standard InChI is InChI=1S/C12H17N3/c1-2-10-11(3-1)14-5-4-12(10)15-8-6-13-7-9-15/h4-5,13H,1-3,6-9H2. The van der Waals surface area contributed by atoms with Crippen LogP contribution < -0.4 is 10.2 Å². The summed E-state index contributed by atoms with van der Waals surface area (Å²) in [5, 5.41) is 3.39. The molecule has 15 heavy (non-hydrogen) atoms. The SMILES string of the molecule is c1cc(N2CCNCC2)c2c(n1)CCC2. The van der Waals surface area contributed by atoms with Crippen molar-refractivity contribution in [3.05, 3.63) is 23.5 Å². The lowest BCUT2D eigenvalue weighted by atomic mass is 10.1. The molecule has 1 saturated heterocycles. The van der Waals surface area contributed by atoms with Crippen LogP contribution in [0.2, 0.25) is 0 Å². The van der Waals surface area contributed by atoms with Crippen LogP contribution in [0.3, 0.4) is 0 Å². The minimum absolute atomic E-state index is 1.11. The van der Waals surface area contributed by atoms with E-state index in [1.807, 2.05) is 6.20 Å². The van der Waals surface area contributed by atoms with Crippen LogP contribution in [0.15, 0.2) is 12.3 Å². The van der Waals surface area contributed by atoms with E-state index in [0.717, 1.165) is 26.2 Å². The van der Waals surface area contributed by atoms with E-state index in [2.05, 4.69) is 21.3 Å². The lowest BCUT2D eigenvalue weighted by Gasteiger charge is -2.30. The monoisotopic (exact) mass is 203 g/mol. The fraction of sp³-hybridized carbons (Fsp3) is 0.583. The van der Waals surface area contributed by atoms with Crippen molar-refractivity contribution in [3.63, 3.8) is 0 Å². The smallest absolute Gasteiger partial charge is 0.0456 e. The highest BCUT2D eigenvalue weighted by Gasteiger charge is 2.20.